The molecule has 5 rings (SSSR count). The highest BCUT2D eigenvalue weighted by atomic mass is 16.5. The van der Waals surface area contributed by atoms with Crippen molar-refractivity contribution in [2.75, 3.05) is 14.2 Å². The number of carbonyl (C=O) groups is 5. The number of phenolic OH excluding ortho intramolecular Hbond substituents is 1. The molecule has 1 N–H and O–H groups in total. The minimum atomic E-state index is -1.04. The minimum Gasteiger partial charge on any atom is -0.507 e. The fourth-order valence-corrected chi connectivity index (χ4v) is 5.88. The monoisotopic (exact) mass is 477 g/mol. The van der Waals surface area contributed by atoms with Crippen molar-refractivity contribution < 1.29 is 38.6 Å². The van der Waals surface area contributed by atoms with E-state index in [1.165, 1.54) is 19.3 Å². The number of allylic oxidation sites excluding steroid dienone is 6. The number of likely N-dealkylation sites (tertiary alicyclic amines) is 1. The van der Waals surface area contributed by atoms with Crippen LogP contribution in [0.4, 0.5) is 4.79 Å². The van der Waals surface area contributed by atoms with Gasteiger partial charge in [0.15, 0.2) is 11.6 Å². The zero-order chi connectivity index (χ0) is 25.2. The van der Waals surface area contributed by atoms with Gasteiger partial charge in [-0.05, 0) is 37.8 Å². The van der Waals surface area contributed by atoms with Gasteiger partial charge in [-0.1, -0.05) is 17.7 Å². The molecule has 1 aliphatic heterocycles. The summed E-state index contributed by atoms with van der Waals surface area (Å²) in [4.78, 5) is 65.3. The lowest BCUT2D eigenvalue weighted by atomic mass is 9.59. The molecule has 35 heavy (non-hydrogen) atoms. The van der Waals surface area contributed by atoms with Crippen LogP contribution in [0.5, 0.6) is 11.5 Å². The quantitative estimate of drug-likeness (QED) is 0.391. The van der Waals surface area contributed by atoms with Crippen molar-refractivity contribution in [1.29, 1.82) is 0 Å². The molecule has 4 atom stereocenters. The Kier molecular flexibility index (Phi) is 5.23. The van der Waals surface area contributed by atoms with E-state index < -0.39 is 41.6 Å². The molecule has 0 radical (unpaired) electrons. The maximum atomic E-state index is 13.3. The van der Waals surface area contributed by atoms with E-state index in [-0.39, 0.29) is 41.3 Å². The number of ketones is 2. The van der Waals surface area contributed by atoms with Crippen LogP contribution < -0.4 is 4.74 Å². The van der Waals surface area contributed by atoms with Gasteiger partial charge in [-0.25, -0.2) is 4.79 Å². The lowest BCUT2D eigenvalue weighted by Gasteiger charge is -2.42. The lowest BCUT2D eigenvalue weighted by molar-refractivity contribution is -0.137. The maximum Gasteiger partial charge on any atom is 0.423 e. The maximum absolute atomic E-state index is 13.3. The Morgan fingerprint density at radius 3 is 2.49 bits per heavy atom. The van der Waals surface area contributed by atoms with Gasteiger partial charge in [0.1, 0.15) is 11.5 Å². The molecule has 0 bridgehead atoms. The predicted octanol–water partition coefficient (Wildman–Crippen LogP) is 2.60. The first-order valence-corrected chi connectivity index (χ1v) is 11.2. The van der Waals surface area contributed by atoms with Crippen LogP contribution in [-0.4, -0.2) is 53.7 Å². The molecular weight excluding hydrogens is 454 g/mol. The zero-order valence-electron chi connectivity index (χ0n) is 19.4. The number of hydrogen-bond donors (Lipinski definition) is 1. The predicted molar refractivity (Wildman–Crippen MR) is 120 cm³/mol. The highest BCUT2D eigenvalue weighted by Crippen LogP contribution is 2.56. The van der Waals surface area contributed by atoms with Crippen molar-refractivity contribution in [2.24, 2.45) is 17.8 Å². The van der Waals surface area contributed by atoms with Crippen molar-refractivity contribution in [1.82, 2.24) is 4.90 Å². The SMILES string of the molecule is COC(=O)N1C(=O)[C@H]2[C@H](CC=C3[C@H](c4ccc(OC)cc4O)C4=C(C[C@H]32)C(=O)C=C(C)C4=O)C1=O. The number of benzene rings is 1. The van der Waals surface area contributed by atoms with Gasteiger partial charge in [0, 0.05) is 34.3 Å². The van der Waals surface area contributed by atoms with E-state index in [4.69, 9.17) is 4.74 Å². The number of phenols is 1. The summed E-state index contributed by atoms with van der Waals surface area (Å²) in [5.41, 5.74) is 1.90. The first kappa shape index (κ1) is 22.8. The summed E-state index contributed by atoms with van der Waals surface area (Å²) in [6.45, 7) is 1.57. The molecule has 1 aromatic rings. The number of fused-ring (bicyclic) bond motifs is 3. The molecule has 1 saturated heterocycles. The highest BCUT2D eigenvalue weighted by molar-refractivity contribution is 6.24. The highest BCUT2D eigenvalue weighted by Gasteiger charge is 2.58. The average molecular weight is 477 g/mol. The smallest absolute Gasteiger partial charge is 0.423 e. The Morgan fingerprint density at radius 1 is 1.09 bits per heavy atom. The molecule has 0 spiro atoms. The molecule has 180 valence electrons. The van der Waals surface area contributed by atoms with Crippen LogP contribution in [0.25, 0.3) is 0 Å². The molecule has 0 unspecified atom stereocenters. The van der Waals surface area contributed by atoms with Gasteiger partial charge in [0.25, 0.3) is 0 Å². The number of rotatable bonds is 2. The topological polar surface area (TPSA) is 127 Å². The summed E-state index contributed by atoms with van der Waals surface area (Å²) in [7, 11) is 2.55. The summed E-state index contributed by atoms with van der Waals surface area (Å²) < 4.78 is 9.83. The number of nitrogens with zero attached hydrogens (tertiary/aromatic N) is 1. The number of carbonyl (C=O) groups excluding carboxylic acids is 5. The van der Waals surface area contributed by atoms with Gasteiger partial charge in [-0.2, -0.15) is 4.90 Å². The first-order valence-electron chi connectivity index (χ1n) is 11.2. The van der Waals surface area contributed by atoms with Crippen LogP contribution in [-0.2, 0) is 23.9 Å². The molecule has 9 heteroatoms. The molecule has 1 fully saturated rings. The first-order chi connectivity index (χ1) is 16.7. The summed E-state index contributed by atoms with van der Waals surface area (Å²) in [5.74, 6) is -4.69. The van der Waals surface area contributed by atoms with Crippen molar-refractivity contribution in [3.63, 3.8) is 0 Å². The number of Topliss-reactive ketones (excluding diaryl/α,β-unsaturated/α-hetero) is 1. The summed E-state index contributed by atoms with van der Waals surface area (Å²) in [6.07, 6.45) is 2.31. The summed E-state index contributed by atoms with van der Waals surface area (Å²) in [6, 6.07) is 4.70. The van der Waals surface area contributed by atoms with E-state index in [9.17, 15) is 29.1 Å². The fourth-order valence-electron chi connectivity index (χ4n) is 5.88. The number of imide groups is 3. The van der Waals surface area contributed by atoms with Gasteiger partial charge >= 0.3 is 6.09 Å². The van der Waals surface area contributed by atoms with E-state index in [1.54, 1.807) is 25.1 Å². The number of amides is 3. The van der Waals surface area contributed by atoms with Gasteiger partial charge in [0.2, 0.25) is 11.8 Å². The van der Waals surface area contributed by atoms with Crippen molar-refractivity contribution in [3.8, 4) is 11.5 Å². The van der Waals surface area contributed by atoms with E-state index in [2.05, 4.69) is 4.74 Å². The molecule has 3 amide bonds. The third-order valence-corrected chi connectivity index (χ3v) is 7.47. The number of aromatic hydroxyl groups is 1. The Morgan fingerprint density at radius 2 is 1.83 bits per heavy atom. The van der Waals surface area contributed by atoms with Gasteiger partial charge in [0.05, 0.1) is 26.1 Å². The number of ether oxygens (including phenoxy) is 2. The molecule has 1 aromatic carbocycles. The van der Waals surface area contributed by atoms with E-state index in [1.807, 2.05) is 0 Å². The minimum absolute atomic E-state index is 0.0815. The van der Waals surface area contributed by atoms with Gasteiger partial charge in [-0.3, -0.25) is 19.2 Å². The zero-order valence-corrected chi connectivity index (χ0v) is 19.4. The molecule has 1 heterocycles. The van der Waals surface area contributed by atoms with E-state index >= 15 is 0 Å². The summed E-state index contributed by atoms with van der Waals surface area (Å²) >= 11 is 0. The summed E-state index contributed by atoms with van der Waals surface area (Å²) in [5, 5.41) is 10.9. The van der Waals surface area contributed by atoms with Crippen molar-refractivity contribution >= 4 is 29.5 Å². The van der Waals surface area contributed by atoms with Crippen LogP contribution >= 0.6 is 0 Å². The van der Waals surface area contributed by atoms with Crippen molar-refractivity contribution in [3.05, 3.63) is 58.2 Å². The second kappa shape index (κ2) is 8.04. The lowest BCUT2D eigenvalue weighted by Crippen LogP contribution is -2.40. The third kappa shape index (κ3) is 3.18. The number of hydrogen-bond acceptors (Lipinski definition) is 8. The third-order valence-electron chi connectivity index (χ3n) is 7.47. The largest absolute Gasteiger partial charge is 0.507 e. The van der Waals surface area contributed by atoms with Crippen LogP contribution in [0.15, 0.2) is 52.6 Å². The molecular formula is C26H23NO8. The molecule has 0 aromatic heterocycles. The molecule has 4 aliphatic rings. The Balaban J connectivity index is 1.69. The van der Waals surface area contributed by atoms with E-state index in [0.29, 0.717) is 27.4 Å². The second-order valence-corrected chi connectivity index (χ2v) is 9.14. The molecule has 3 aliphatic carbocycles. The van der Waals surface area contributed by atoms with Gasteiger partial charge < -0.3 is 14.6 Å². The van der Waals surface area contributed by atoms with Gasteiger partial charge in [-0.15, -0.1) is 0 Å². The Bertz CT molecular complexity index is 1320. The molecule has 9 nitrogen and oxygen atoms in total. The second-order valence-electron chi connectivity index (χ2n) is 9.14. The average Bonchev–Trinajstić information content (AvgIpc) is 3.10. The van der Waals surface area contributed by atoms with Crippen molar-refractivity contribution in [2.45, 2.75) is 25.7 Å². The van der Waals surface area contributed by atoms with Crippen LogP contribution in [0, 0.1) is 17.8 Å². The Hall–Kier alpha value is -4.01. The van der Waals surface area contributed by atoms with Crippen LogP contribution in [0.2, 0.25) is 0 Å². The normalized spacial score (nSPS) is 27.7. The molecule has 0 saturated carbocycles. The number of methoxy groups -OCH3 is 2. The standard InChI is InChI=1S/C26H23NO8/c1-11-8-18(28)17-10-16-13(6-7-15-21(16)25(32)27(24(15)31)26(33)35-3)20(22(17)23(11)30)14-5-4-12(34-2)9-19(14)29/h4-6,8-9,15-16,20-21,29H,7,10H2,1-3H3/t15-,16+,20+,21-/m0/s1. The van der Waals surface area contributed by atoms with Crippen LogP contribution in [0.3, 0.4) is 0 Å². The van der Waals surface area contributed by atoms with E-state index in [0.717, 1.165) is 7.11 Å². The fraction of sp³-hybridized carbons (Fsp3) is 0.346. The Labute approximate surface area is 200 Å². The van der Waals surface area contributed by atoms with Crippen LogP contribution in [0.1, 0.15) is 31.2 Å².